The molecule has 140 valence electrons. The van der Waals surface area contributed by atoms with Crippen molar-refractivity contribution in [3.05, 3.63) is 42.5 Å². The topological polar surface area (TPSA) is 77.1 Å². The lowest BCUT2D eigenvalue weighted by Crippen LogP contribution is -2.28. The van der Waals surface area contributed by atoms with E-state index in [-0.39, 0.29) is 18.2 Å². The molecule has 1 saturated heterocycles. The number of ether oxygens (including phenoxy) is 3. The predicted molar refractivity (Wildman–Crippen MR) is 99.5 cm³/mol. The smallest absolute Gasteiger partial charge is 0.229 e. The molecule has 2 aliphatic rings. The predicted octanol–water partition coefficient (Wildman–Crippen LogP) is 2.46. The summed E-state index contributed by atoms with van der Waals surface area (Å²) in [6.07, 6.45) is 0.174. The maximum Gasteiger partial charge on any atom is 0.229 e. The van der Waals surface area contributed by atoms with Crippen molar-refractivity contribution in [2.24, 2.45) is 5.92 Å². The van der Waals surface area contributed by atoms with Crippen LogP contribution in [0.1, 0.15) is 6.42 Å². The van der Waals surface area contributed by atoms with Crippen LogP contribution in [0.15, 0.2) is 42.5 Å². The van der Waals surface area contributed by atoms with E-state index >= 15 is 0 Å². The van der Waals surface area contributed by atoms with Gasteiger partial charge in [0.1, 0.15) is 19.0 Å². The average Bonchev–Trinajstić information content (AvgIpc) is 3.10. The Hall–Kier alpha value is -3.22. The van der Waals surface area contributed by atoms with Gasteiger partial charge in [-0.2, -0.15) is 0 Å². The summed E-state index contributed by atoms with van der Waals surface area (Å²) in [6.45, 7) is 1.34. The zero-order valence-electron chi connectivity index (χ0n) is 14.9. The SMILES string of the molecule is COc1cccc(N2C[C@@H](C(=O)Nc3ccc4c(c3)OCCO4)CC2=O)c1. The summed E-state index contributed by atoms with van der Waals surface area (Å²) in [7, 11) is 1.58. The van der Waals surface area contributed by atoms with Gasteiger partial charge in [0, 0.05) is 36.5 Å². The summed E-state index contributed by atoms with van der Waals surface area (Å²) in [6, 6.07) is 12.5. The number of carbonyl (C=O) groups excluding carboxylic acids is 2. The monoisotopic (exact) mass is 368 g/mol. The van der Waals surface area contributed by atoms with Crippen molar-refractivity contribution in [2.75, 3.05) is 37.1 Å². The molecule has 2 amide bonds. The first kappa shape index (κ1) is 17.2. The van der Waals surface area contributed by atoms with Gasteiger partial charge >= 0.3 is 0 Å². The molecule has 2 aliphatic heterocycles. The molecule has 4 rings (SSSR count). The molecule has 0 aliphatic carbocycles. The number of rotatable bonds is 4. The first-order valence-electron chi connectivity index (χ1n) is 8.79. The van der Waals surface area contributed by atoms with E-state index in [0.29, 0.717) is 42.7 Å². The van der Waals surface area contributed by atoms with Crippen LogP contribution in [0, 0.1) is 5.92 Å². The first-order valence-corrected chi connectivity index (χ1v) is 8.79. The maximum absolute atomic E-state index is 12.6. The molecule has 2 aromatic rings. The van der Waals surface area contributed by atoms with Crippen molar-refractivity contribution in [1.29, 1.82) is 0 Å². The van der Waals surface area contributed by atoms with Crippen LogP contribution in [0.2, 0.25) is 0 Å². The van der Waals surface area contributed by atoms with Crippen LogP contribution in [-0.2, 0) is 9.59 Å². The minimum Gasteiger partial charge on any atom is -0.497 e. The van der Waals surface area contributed by atoms with E-state index in [1.54, 1.807) is 36.3 Å². The first-order chi connectivity index (χ1) is 13.1. The summed E-state index contributed by atoms with van der Waals surface area (Å²) >= 11 is 0. The van der Waals surface area contributed by atoms with Gasteiger partial charge in [-0.05, 0) is 24.3 Å². The van der Waals surface area contributed by atoms with E-state index in [0.717, 1.165) is 5.69 Å². The largest absolute Gasteiger partial charge is 0.497 e. The van der Waals surface area contributed by atoms with Gasteiger partial charge in [-0.25, -0.2) is 0 Å². The molecular weight excluding hydrogens is 348 g/mol. The standard InChI is InChI=1S/C20H20N2O5/c1-25-16-4-2-3-15(11-16)22-12-13(9-19(22)23)20(24)21-14-5-6-17-18(10-14)27-8-7-26-17/h2-6,10-11,13H,7-9,12H2,1H3,(H,21,24)/t13-/m0/s1. The fourth-order valence-electron chi connectivity index (χ4n) is 3.28. The molecule has 1 N–H and O–H groups in total. The van der Waals surface area contributed by atoms with Crippen molar-refractivity contribution in [2.45, 2.75) is 6.42 Å². The van der Waals surface area contributed by atoms with E-state index < -0.39 is 5.92 Å². The highest BCUT2D eigenvalue weighted by atomic mass is 16.6. The Morgan fingerprint density at radius 2 is 1.96 bits per heavy atom. The molecule has 0 bridgehead atoms. The highest BCUT2D eigenvalue weighted by molar-refractivity contribution is 6.03. The zero-order chi connectivity index (χ0) is 18.8. The van der Waals surface area contributed by atoms with Crippen molar-refractivity contribution < 1.29 is 23.8 Å². The third-order valence-electron chi connectivity index (χ3n) is 4.67. The summed E-state index contributed by atoms with van der Waals surface area (Å²) in [5, 5.41) is 2.87. The van der Waals surface area contributed by atoms with E-state index in [4.69, 9.17) is 14.2 Å². The van der Waals surface area contributed by atoms with Gasteiger partial charge in [0.2, 0.25) is 11.8 Å². The summed E-state index contributed by atoms with van der Waals surface area (Å²) in [4.78, 5) is 26.7. The van der Waals surface area contributed by atoms with E-state index in [9.17, 15) is 9.59 Å². The van der Waals surface area contributed by atoms with Crippen LogP contribution in [-0.4, -0.2) is 38.7 Å². The Balaban J connectivity index is 1.44. The minimum atomic E-state index is -0.420. The Kier molecular flexibility index (Phi) is 4.58. The van der Waals surface area contributed by atoms with E-state index in [1.807, 2.05) is 18.2 Å². The number of amides is 2. The highest BCUT2D eigenvalue weighted by Crippen LogP contribution is 2.33. The molecule has 0 saturated carbocycles. The molecular formula is C20H20N2O5. The zero-order valence-corrected chi connectivity index (χ0v) is 14.9. The van der Waals surface area contributed by atoms with Gasteiger partial charge in [0.05, 0.1) is 13.0 Å². The molecule has 0 unspecified atom stereocenters. The molecule has 0 radical (unpaired) electrons. The molecule has 1 atom stereocenters. The molecule has 7 heteroatoms. The van der Waals surface area contributed by atoms with Crippen LogP contribution in [0.4, 0.5) is 11.4 Å². The van der Waals surface area contributed by atoms with Gasteiger partial charge in [-0.15, -0.1) is 0 Å². The number of benzene rings is 2. The van der Waals surface area contributed by atoms with Gasteiger partial charge in [0.15, 0.2) is 11.5 Å². The van der Waals surface area contributed by atoms with Crippen LogP contribution < -0.4 is 24.4 Å². The molecule has 2 heterocycles. The van der Waals surface area contributed by atoms with Gasteiger partial charge in [-0.3, -0.25) is 9.59 Å². The molecule has 2 aromatic carbocycles. The number of fused-ring (bicyclic) bond motifs is 1. The van der Waals surface area contributed by atoms with Gasteiger partial charge in [-0.1, -0.05) is 6.07 Å². The lowest BCUT2D eigenvalue weighted by molar-refractivity contribution is -0.122. The van der Waals surface area contributed by atoms with Crippen molar-refractivity contribution >= 4 is 23.2 Å². The van der Waals surface area contributed by atoms with Crippen LogP contribution in [0.25, 0.3) is 0 Å². The second-order valence-corrected chi connectivity index (χ2v) is 6.45. The fraction of sp³-hybridized carbons (Fsp3) is 0.300. The van der Waals surface area contributed by atoms with Crippen molar-refractivity contribution in [3.8, 4) is 17.2 Å². The van der Waals surface area contributed by atoms with E-state index in [2.05, 4.69) is 5.32 Å². The normalized spacial score (nSPS) is 18.3. The quantitative estimate of drug-likeness (QED) is 0.897. The molecule has 7 nitrogen and oxygen atoms in total. The number of carbonyl (C=O) groups is 2. The lowest BCUT2D eigenvalue weighted by Gasteiger charge is -2.19. The van der Waals surface area contributed by atoms with Crippen LogP contribution >= 0.6 is 0 Å². The number of nitrogens with zero attached hydrogens (tertiary/aromatic N) is 1. The third kappa shape index (κ3) is 3.53. The third-order valence-corrected chi connectivity index (χ3v) is 4.67. The fourth-order valence-corrected chi connectivity index (χ4v) is 3.28. The van der Waals surface area contributed by atoms with Crippen molar-refractivity contribution in [3.63, 3.8) is 0 Å². The average molecular weight is 368 g/mol. The number of anilines is 2. The molecule has 0 aromatic heterocycles. The Morgan fingerprint density at radius 1 is 1.15 bits per heavy atom. The molecule has 0 spiro atoms. The Morgan fingerprint density at radius 3 is 2.78 bits per heavy atom. The highest BCUT2D eigenvalue weighted by Gasteiger charge is 2.35. The Labute approximate surface area is 156 Å². The lowest BCUT2D eigenvalue weighted by atomic mass is 10.1. The molecule has 27 heavy (non-hydrogen) atoms. The maximum atomic E-state index is 12.6. The number of hydrogen-bond acceptors (Lipinski definition) is 5. The minimum absolute atomic E-state index is 0.0782. The summed E-state index contributed by atoms with van der Waals surface area (Å²) in [5.41, 5.74) is 1.35. The van der Waals surface area contributed by atoms with Crippen LogP contribution in [0.5, 0.6) is 17.2 Å². The number of nitrogens with one attached hydrogen (secondary N) is 1. The number of hydrogen-bond donors (Lipinski definition) is 1. The second-order valence-electron chi connectivity index (χ2n) is 6.45. The summed E-state index contributed by atoms with van der Waals surface area (Å²) < 4.78 is 16.2. The van der Waals surface area contributed by atoms with Gasteiger partial charge < -0.3 is 24.4 Å². The van der Waals surface area contributed by atoms with E-state index in [1.165, 1.54) is 0 Å². The van der Waals surface area contributed by atoms with Crippen LogP contribution in [0.3, 0.4) is 0 Å². The Bertz CT molecular complexity index is 882. The van der Waals surface area contributed by atoms with Crippen molar-refractivity contribution in [1.82, 2.24) is 0 Å². The number of methoxy groups -OCH3 is 1. The molecule has 1 fully saturated rings. The summed E-state index contributed by atoms with van der Waals surface area (Å²) in [5.74, 6) is 1.26. The van der Waals surface area contributed by atoms with Gasteiger partial charge in [0.25, 0.3) is 0 Å². The second kappa shape index (κ2) is 7.19.